The number of aromatic carboxylic acids is 1. The average Bonchev–Trinajstić information content (AvgIpc) is 2.91. The maximum atomic E-state index is 13.4. The summed E-state index contributed by atoms with van der Waals surface area (Å²) in [6.45, 7) is 0. The highest BCUT2D eigenvalue weighted by Crippen LogP contribution is 2.22. The first-order chi connectivity index (χ1) is 10.1. The molecule has 0 spiro atoms. The number of hydrogen-bond donors (Lipinski definition) is 1. The van der Waals surface area contributed by atoms with E-state index in [4.69, 9.17) is 10.4 Å². The molecule has 0 radical (unpaired) electrons. The second-order valence-electron chi connectivity index (χ2n) is 4.37. The van der Waals surface area contributed by atoms with Crippen LogP contribution in [0.4, 0.5) is 4.39 Å². The van der Waals surface area contributed by atoms with Crippen LogP contribution in [0.3, 0.4) is 0 Å². The Morgan fingerprint density at radius 2 is 2.14 bits per heavy atom. The van der Waals surface area contributed by atoms with E-state index in [-0.39, 0.29) is 11.1 Å². The van der Waals surface area contributed by atoms with Crippen molar-refractivity contribution in [3.05, 3.63) is 59.7 Å². The number of imidazole rings is 1. The minimum Gasteiger partial charge on any atom is -0.478 e. The standard InChI is InChI=1S/C15H8FN3O2/c16-12-5-4-10(6-9(12)7-17)19-8-18-14-11(15(20)21)2-1-3-13(14)19/h1-6,8H,(H,20,21). The van der Waals surface area contributed by atoms with Crippen molar-refractivity contribution in [2.75, 3.05) is 0 Å². The molecule has 3 rings (SSSR count). The molecule has 1 aromatic heterocycles. The number of carboxylic acid groups (broad SMARTS) is 1. The SMILES string of the molecule is N#Cc1cc(-n2cnc3c(C(=O)O)cccc32)ccc1F. The van der Waals surface area contributed by atoms with Crippen molar-refractivity contribution in [3.8, 4) is 11.8 Å². The minimum absolute atomic E-state index is 0.0799. The summed E-state index contributed by atoms with van der Waals surface area (Å²) in [6, 6.07) is 10.7. The molecule has 3 aromatic rings. The van der Waals surface area contributed by atoms with Gasteiger partial charge < -0.3 is 5.11 Å². The molecule has 5 nitrogen and oxygen atoms in total. The summed E-state index contributed by atoms with van der Waals surface area (Å²) in [6.07, 6.45) is 1.45. The molecule has 0 atom stereocenters. The summed E-state index contributed by atoms with van der Waals surface area (Å²) in [7, 11) is 0. The van der Waals surface area contributed by atoms with Crippen molar-refractivity contribution < 1.29 is 14.3 Å². The van der Waals surface area contributed by atoms with Gasteiger partial charge in [-0.05, 0) is 30.3 Å². The Balaban J connectivity index is 2.25. The number of nitriles is 1. The Morgan fingerprint density at radius 1 is 1.33 bits per heavy atom. The predicted octanol–water partition coefficient (Wildman–Crippen LogP) is 2.73. The fourth-order valence-corrected chi connectivity index (χ4v) is 2.17. The first-order valence-corrected chi connectivity index (χ1v) is 6.01. The number of halogens is 1. The first kappa shape index (κ1) is 12.8. The van der Waals surface area contributed by atoms with E-state index < -0.39 is 11.8 Å². The maximum absolute atomic E-state index is 13.4. The van der Waals surface area contributed by atoms with Crippen LogP contribution >= 0.6 is 0 Å². The number of aromatic nitrogens is 2. The Labute approximate surface area is 118 Å². The molecule has 0 amide bonds. The number of benzene rings is 2. The van der Waals surface area contributed by atoms with Crippen LogP contribution in [0, 0.1) is 17.1 Å². The monoisotopic (exact) mass is 281 g/mol. The first-order valence-electron chi connectivity index (χ1n) is 6.01. The van der Waals surface area contributed by atoms with Crippen LogP contribution in [-0.4, -0.2) is 20.6 Å². The van der Waals surface area contributed by atoms with Crippen LogP contribution < -0.4 is 0 Å². The highest BCUT2D eigenvalue weighted by Gasteiger charge is 2.13. The highest BCUT2D eigenvalue weighted by molar-refractivity contribution is 6.01. The third-order valence-electron chi connectivity index (χ3n) is 3.16. The van der Waals surface area contributed by atoms with Gasteiger partial charge in [-0.15, -0.1) is 0 Å². The van der Waals surface area contributed by atoms with Crippen LogP contribution in [0.2, 0.25) is 0 Å². The van der Waals surface area contributed by atoms with E-state index in [0.29, 0.717) is 16.7 Å². The number of fused-ring (bicyclic) bond motifs is 1. The molecule has 0 saturated heterocycles. The average molecular weight is 281 g/mol. The molecule has 102 valence electrons. The Hall–Kier alpha value is -3.20. The third kappa shape index (κ3) is 2.01. The number of rotatable bonds is 2. The van der Waals surface area contributed by atoms with Gasteiger partial charge in [-0.1, -0.05) is 6.07 Å². The van der Waals surface area contributed by atoms with Crippen molar-refractivity contribution >= 4 is 17.0 Å². The molecule has 1 heterocycles. The molecule has 0 aliphatic carbocycles. The third-order valence-corrected chi connectivity index (χ3v) is 3.16. The normalized spacial score (nSPS) is 10.5. The molecule has 0 aliphatic rings. The summed E-state index contributed by atoms with van der Waals surface area (Å²) in [5.41, 5.74) is 1.47. The maximum Gasteiger partial charge on any atom is 0.337 e. The van der Waals surface area contributed by atoms with E-state index >= 15 is 0 Å². The lowest BCUT2D eigenvalue weighted by molar-refractivity contribution is 0.0699. The van der Waals surface area contributed by atoms with E-state index in [0.717, 1.165) is 0 Å². The summed E-state index contributed by atoms with van der Waals surface area (Å²) in [5.74, 6) is -1.67. The zero-order valence-electron chi connectivity index (χ0n) is 10.6. The highest BCUT2D eigenvalue weighted by atomic mass is 19.1. The molecule has 0 bridgehead atoms. The zero-order valence-corrected chi connectivity index (χ0v) is 10.6. The number of hydrogen-bond acceptors (Lipinski definition) is 3. The molecule has 0 fully saturated rings. The second-order valence-corrected chi connectivity index (χ2v) is 4.37. The van der Waals surface area contributed by atoms with Gasteiger partial charge in [-0.3, -0.25) is 4.57 Å². The molecule has 0 unspecified atom stereocenters. The van der Waals surface area contributed by atoms with Gasteiger partial charge in [0.15, 0.2) is 0 Å². The van der Waals surface area contributed by atoms with Gasteiger partial charge in [0.25, 0.3) is 0 Å². The molecule has 2 aromatic carbocycles. The number of nitrogens with zero attached hydrogens (tertiary/aromatic N) is 3. The predicted molar refractivity (Wildman–Crippen MR) is 72.7 cm³/mol. The summed E-state index contributed by atoms with van der Waals surface area (Å²) in [5, 5.41) is 18.0. The summed E-state index contributed by atoms with van der Waals surface area (Å²) < 4.78 is 15.0. The van der Waals surface area contributed by atoms with Gasteiger partial charge in [-0.2, -0.15) is 5.26 Å². The van der Waals surface area contributed by atoms with E-state index in [9.17, 15) is 9.18 Å². The summed E-state index contributed by atoms with van der Waals surface area (Å²) >= 11 is 0. The van der Waals surface area contributed by atoms with Crippen molar-refractivity contribution in [1.29, 1.82) is 5.26 Å². The Bertz CT molecular complexity index is 909. The van der Waals surface area contributed by atoms with Crippen LogP contribution in [0.15, 0.2) is 42.7 Å². The van der Waals surface area contributed by atoms with Crippen LogP contribution in [0.1, 0.15) is 15.9 Å². The molecule has 0 aliphatic heterocycles. The van der Waals surface area contributed by atoms with Crippen LogP contribution in [0.25, 0.3) is 16.7 Å². The van der Waals surface area contributed by atoms with E-state index in [1.54, 1.807) is 22.8 Å². The second kappa shape index (κ2) is 4.72. The lowest BCUT2D eigenvalue weighted by Gasteiger charge is -2.05. The fourth-order valence-electron chi connectivity index (χ4n) is 2.17. The molecule has 6 heteroatoms. The van der Waals surface area contributed by atoms with Gasteiger partial charge in [0.05, 0.1) is 16.6 Å². The van der Waals surface area contributed by atoms with Gasteiger partial charge in [0.1, 0.15) is 23.7 Å². The molecule has 0 saturated carbocycles. The molecule has 21 heavy (non-hydrogen) atoms. The smallest absolute Gasteiger partial charge is 0.337 e. The van der Waals surface area contributed by atoms with Crippen molar-refractivity contribution in [2.45, 2.75) is 0 Å². The number of para-hydroxylation sites is 1. The quantitative estimate of drug-likeness (QED) is 0.783. The van der Waals surface area contributed by atoms with E-state index in [1.807, 2.05) is 0 Å². The lowest BCUT2D eigenvalue weighted by Crippen LogP contribution is -1.98. The van der Waals surface area contributed by atoms with Gasteiger partial charge in [0, 0.05) is 5.69 Å². The van der Waals surface area contributed by atoms with Crippen molar-refractivity contribution in [1.82, 2.24) is 9.55 Å². The zero-order chi connectivity index (χ0) is 15.0. The van der Waals surface area contributed by atoms with E-state index in [2.05, 4.69) is 4.98 Å². The number of carbonyl (C=O) groups is 1. The lowest BCUT2D eigenvalue weighted by atomic mass is 10.1. The van der Waals surface area contributed by atoms with Gasteiger partial charge >= 0.3 is 5.97 Å². The minimum atomic E-state index is -1.07. The summed E-state index contributed by atoms with van der Waals surface area (Å²) in [4.78, 5) is 15.3. The van der Waals surface area contributed by atoms with Crippen LogP contribution in [-0.2, 0) is 0 Å². The molecule has 1 N–H and O–H groups in total. The fraction of sp³-hybridized carbons (Fsp3) is 0. The van der Waals surface area contributed by atoms with Crippen molar-refractivity contribution in [3.63, 3.8) is 0 Å². The van der Waals surface area contributed by atoms with Gasteiger partial charge in [-0.25, -0.2) is 14.2 Å². The molecular weight excluding hydrogens is 273 g/mol. The number of carboxylic acids is 1. The van der Waals surface area contributed by atoms with Gasteiger partial charge in [0.2, 0.25) is 0 Å². The molecular formula is C15H8FN3O2. The van der Waals surface area contributed by atoms with E-state index in [1.165, 1.54) is 30.6 Å². The van der Waals surface area contributed by atoms with Crippen LogP contribution in [0.5, 0.6) is 0 Å². The van der Waals surface area contributed by atoms with Crippen molar-refractivity contribution in [2.24, 2.45) is 0 Å². The Kier molecular flexibility index (Phi) is 2.88. The topological polar surface area (TPSA) is 78.9 Å². The Morgan fingerprint density at radius 3 is 2.86 bits per heavy atom. The largest absolute Gasteiger partial charge is 0.478 e.